The molecular weight excluding hydrogens is 296 g/mol. The topological polar surface area (TPSA) is 32.3 Å². The SMILES string of the molecule is CCNc1ccc(Cl)cc1C(=O)N(C)Cc1cccc(C)c1. The molecule has 116 valence electrons. The highest BCUT2D eigenvalue weighted by atomic mass is 35.5. The molecule has 0 heterocycles. The van der Waals surface area contributed by atoms with E-state index in [1.54, 1.807) is 24.1 Å². The minimum atomic E-state index is -0.0417. The molecule has 0 spiro atoms. The summed E-state index contributed by atoms with van der Waals surface area (Å²) in [6, 6.07) is 13.5. The molecule has 0 saturated carbocycles. The van der Waals surface area contributed by atoms with Crippen LogP contribution in [0.15, 0.2) is 42.5 Å². The first-order chi connectivity index (χ1) is 10.5. The Labute approximate surface area is 136 Å². The van der Waals surface area contributed by atoms with E-state index in [-0.39, 0.29) is 5.91 Å². The van der Waals surface area contributed by atoms with Crippen LogP contribution in [0, 0.1) is 6.92 Å². The Morgan fingerprint density at radius 1 is 1.23 bits per heavy atom. The van der Waals surface area contributed by atoms with Crippen molar-refractivity contribution in [3.8, 4) is 0 Å². The van der Waals surface area contributed by atoms with Crippen molar-refractivity contribution in [2.24, 2.45) is 0 Å². The van der Waals surface area contributed by atoms with Gasteiger partial charge in [0.25, 0.3) is 5.91 Å². The number of rotatable bonds is 5. The molecule has 0 aliphatic carbocycles. The highest BCUT2D eigenvalue weighted by Gasteiger charge is 2.16. The fourth-order valence-electron chi connectivity index (χ4n) is 2.40. The van der Waals surface area contributed by atoms with Gasteiger partial charge in [-0.25, -0.2) is 0 Å². The molecule has 1 N–H and O–H groups in total. The number of nitrogens with zero attached hydrogens (tertiary/aromatic N) is 1. The second-order valence-electron chi connectivity index (χ2n) is 5.37. The van der Waals surface area contributed by atoms with Crippen molar-refractivity contribution in [2.75, 3.05) is 18.9 Å². The van der Waals surface area contributed by atoms with Gasteiger partial charge in [0.2, 0.25) is 0 Å². The Morgan fingerprint density at radius 3 is 2.68 bits per heavy atom. The average molecular weight is 317 g/mol. The van der Waals surface area contributed by atoms with E-state index >= 15 is 0 Å². The van der Waals surface area contributed by atoms with Crippen LogP contribution >= 0.6 is 11.6 Å². The molecule has 0 bridgehead atoms. The van der Waals surface area contributed by atoms with E-state index in [1.165, 1.54) is 5.56 Å². The fraction of sp³-hybridized carbons (Fsp3) is 0.278. The molecule has 2 aromatic rings. The van der Waals surface area contributed by atoms with E-state index < -0.39 is 0 Å². The third kappa shape index (κ3) is 4.01. The van der Waals surface area contributed by atoms with Crippen LogP contribution in [-0.2, 0) is 6.54 Å². The molecule has 4 heteroatoms. The molecule has 0 atom stereocenters. The smallest absolute Gasteiger partial charge is 0.256 e. The highest BCUT2D eigenvalue weighted by Crippen LogP contribution is 2.22. The van der Waals surface area contributed by atoms with E-state index in [0.29, 0.717) is 17.1 Å². The van der Waals surface area contributed by atoms with Gasteiger partial charge in [0.1, 0.15) is 0 Å². The highest BCUT2D eigenvalue weighted by molar-refractivity contribution is 6.31. The predicted molar refractivity (Wildman–Crippen MR) is 92.6 cm³/mol. The summed E-state index contributed by atoms with van der Waals surface area (Å²) in [7, 11) is 1.81. The van der Waals surface area contributed by atoms with Crippen LogP contribution in [0.2, 0.25) is 5.02 Å². The Balaban J connectivity index is 2.21. The van der Waals surface area contributed by atoms with Crippen molar-refractivity contribution >= 4 is 23.2 Å². The summed E-state index contributed by atoms with van der Waals surface area (Å²) >= 11 is 6.05. The number of anilines is 1. The van der Waals surface area contributed by atoms with E-state index in [9.17, 15) is 4.79 Å². The average Bonchev–Trinajstić information content (AvgIpc) is 2.48. The lowest BCUT2D eigenvalue weighted by Crippen LogP contribution is -2.27. The molecule has 1 amide bonds. The van der Waals surface area contributed by atoms with Crippen LogP contribution in [0.3, 0.4) is 0 Å². The summed E-state index contributed by atoms with van der Waals surface area (Å²) in [4.78, 5) is 14.4. The minimum absolute atomic E-state index is 0.0417. The van der Waals surface area contributed by atoms with E-state index in [4.69, 9.17) is 11.6 Å². The first kappa shape index (κ1) is 16.4. The van der Waals surface area contributed by atoms with Crippen molar-refractivity contribution in [1.29, 1.82) is 0 Å². The lowest BCUT2D eigenvalue weighted by molar-refractivity contribution is 0.0786. The van der Waals surface area contributed by atoms with Crippen molar-refractivity contribution in [3.05, 3.63) is 64.2 Å². The maximum atomic E-state index is 12.7. The van der Waals surface area contributed by atoms with Gasteiger partial charge in [0.05, 0.1) is 5.56 Å². The largest absolute Gasteiger partial charge is 0.385 e. The molecule has 2 aromatic carbocycles. The van der Waals surface area contributed by atoms with Gasteiger partial charge in [-0.3, -0.25) is 4.79 Å². The summed E-state index contributed by atoms with van der Waals surface area (Å²) in [6.45, 7) is 5.37. The van der Waals surface area contributed by atoms with Gasteiger partial charge in [-0.15, -0.1) is 0 Å². The quantitative estimate of drug-likeness (QED) is 0.889. The Morgan fingerprint density at radius 2 is 2.00 bits per heavy atom. The van der Waals surface area contributed by atoms with E-state index in [2.05, 4.69) is 11.4 Å². The summed E-state index contributed by atoms with van der Waals surface area (Å²) < 4.78 is 0. The predicted octanol–water partition coefficient (Wildman–Crippen LogP) is 4.35. The van der Waals surface area contributed by atoms with Gasteiger partial charge >= 0.3 is 0 Å². The normalized spacial score (nSPS) is 10.4. The van der Waals surface area contributed by atoms with Crippen molar-refractivity contribution in [1.82, 2.24) is 4.90 Å². The number of hydrogen-bond donors (Lipinski definition) is 1. The first-order valence-electron chi connectivity index (χ1n) is 7.35. The molecule has 0 aliphatic rings. The lowest BCUT2D eigenvalue weighted by atomic mass is 10.1. The van der Waals surface area contributed by atoms with Crippen LogP contribution in [-0.4, -0.2) is 24.4 Å². The van der Waals surface area contributed by atoms with Gasteiger partial charge in [0.15, 0.2) is 0 Å². The summed E-state index contributed by atoms with van der Waals surface area (Å²) in [5, 5.41) is 3.77. The Hall–Kier alpha value is -2.00. The van der Waals surface area contributed by atoms with Crippen LogP contribution in [0.5, 0.6) is 0 Å². The van der Waals surface area contributed by atoms with E-state index in [0.717, 1.165) is 17.8 Å². The van der Waals surface area contributed by atoms with Gasteiger partial charge < -0.3 is 10.2 Å². The molecule has 0 fully saturated rings. The zero-order valence-corrected chi connectivity index (χ0v) is 13.9. The number of amides is 1. The minimum Gasteiger partial charge on any atom is -0.385 e. The van der Waals surface area contributed by atoms with Gasteiger partial charge in [-0.2, -0.15) is 0 Å². The zero-order valence-electron chi connectivity index (χ0n) is 13.2. The van der Waals surface area contributed by atoms with Crippen LogP contribution in [0.25, 0.3) is 0 Å². The molecule has 0 radical (unpaired) electrons. The summed E-state index contributed by atoms with van der Waals surface area (Å²) in [6.07, 6.45) is 0. The van der Waals surface area contributed by atoms with Crippen molar-refractivity contribution in [3.63, 3.8) is 0 Å². The second kappa shape index (κ2) is 7.32. The molecule has 0 aromatic heterocycles. The molecule has 3 nitrogen and oxygen atoms in total. The number of halogens is 1. The third-order valence-electron chi connectivity index (χ3n) is 3.43. The molecule has 0 aliphatic heterocycles. The maximum absolute atomic E-state index is 12.7. The zero-order chi connectivity index (χ0) is 16.1. The third-order valence-corrected chi connectivity index (χ3v) is 3.66. The molecule has 2 rings (SSSR count). The number of carbonyl (C=O) groups excluding carboxylic acids is 1. The second-order valence-corrected chi connectivity index (χ2v) is 5.81. The first-order valence-corrected chi connectivity index (χ1v) is 7.73. The number of hydrogen-bond acceptors (Lipinski definition) is 2. The van der Waals surface area contributed by atoms with Crippen LogP contribution in [0.1, 0.15) is 28.4 Å². The Bertz CT molecular complexity index is 670. The number of carbonyl (C=O) groups is 1. The van der Waals surface area contributed by atoms with Gasteiger partial charge in [0, 0.05) is 30.8 Å². The fourth-order valence-corrected chi connectivity index (χ4v) is 2.57. The number of aryl methyl sites for hydroxylation is 1. The van der Waals surface area contributed by atoms with Crippen molar-refractivity contribution in [2.45, 2.75) is 20.4 Å². The van der Waals surface area contributed by atoms with Gasteiger partial charge in [-0.05, 0) is 37.6 Å². The van der Waals surface area contributed by atoms with Crippen LogP contribution in [0.4, 0.5) is 5.69 Å². The molecule has 0 saturated heterocycles. The Kier molecular flexibility index (Phi) is 5.45. The van der Waals surface area contributed by atoms with Gasteiger partial charge in [-0.1, -0.05) is 41.4 Å². The summed E-state index contributed by atoms with van der Waals surface area (Å²) in [5.74, 6) is -0.0417. The number of nitrogens with one attached hydrogen (secondary N) is 1. The van der Waals surface area contributed by atoms with Crippen molar-refractivity contribution < 1.29 is 4.79 Å². The standard InChI is InChI=1S/C18H21ClN2O/c1-4-20-17-9-8-15(19)11-16(17)18(22)21(3)12-14-7-5-6-13(2)10-14/h5-11,20H,4,12H2,1-3H3. The van der Waals surface area contributed by atoms with E-state index in [1.807, 2.05) is 38.1 Å². The summed E-state index contributed by atoms with van der Waals surface area (Å²) in [5.41, 5.74) is 3.72. The molecular formula is C18H21ClN2O. The molecule has 22 heavy (non-hydrogen) atoms. The molecule has 0 unspecified atom stereocenters. The monoisotopic (exact) mass is 316 g/mol. The maximum Gasteiger partial charge on any atom is 0.256 e. The van der Waals surface area contributed by atoms with Crippen LogP contribution < -0.4 is 5.32 Å². The lowest BCUT2D eigenvalue weighted by Gasteiger charge is -2.20. The number of benzene rings is 2.